The van der Waals surface area contributed by atoms with E-state index >= 15 is 0 Å². The summed E-state index contributed by atoms with van der Waals surface area (Å²) in [7, 11) is -4.18. The zero-order valence-corrected chi connectivity index (χ0v) is 21.6. The van der Waals surface area contributed by atoms with Crippen molar-refractivity contribution in [3.05, 3.63) is 101 Å². The van der Waals surface area contributed by atoms with Gasteiger partial charge in [0, 0.05) is 19.5 Å². The summed E-state index contributed by atoms with van der Waals surface area (Å²) in [5, 5.41) is 2.80. The zero-order valence-electron chi connectivity index (χ0n) is 20.8. The van der Waals surface area contributed by atoms with Crippen molar-refractivity contribution in [3.8, 4) is 0 Å². The highest BCUT2D eigenvalue weighted by Crippen LogP contribution is 2.30. The minimum absolute atomic E-state index is 0.0324. The second-order valence-electron chi connectivity index (χ2n) is 8.92. The number of carbonyl (C=O) groups is 3. The van der Waals surface area contributed by atoms with Gasteiger partial charge in [0.1, 0.15) is 17.5 Å². The first-order valence-corrected chi connectivity index (χ1v) is 13.5. The van der Waals surface area contributed by atoms with Gasteiger partial charge in [0.2, 0.25) is 11.8 Å². The normalized spacial score (nSPS) is 14.6. The minimum Gasteiger partial charge on any atom is -0.355 e. The topological polar surface area (TPSA) is 104 Å². The molecule has 0 aromatic heterocycles. The van der Waals surface area contributed by atoms with E-state index in [-0.39, 0.29) is 29.3 Å². The summed E-state index contributed by atoms with van der Waals surface area (Å²) in [5.41, 5.74) is 2.69. The molecule has 0 spiro atoms. The molecular weight excluding hydrogens is 490 g/mol. The average molecular weight is 520 g/mol. The number of sulfonamides is 1. The number of aryl methyl sites for hydroxylation is 1. The highest BCUT2D eigenvalue weighted by atomic mass is 32.2. The summed E-state index contributed by atoms with van der Waals surface area (Å²) < 4.78 is 26.8. The van der Waals surface area contributed by atoms with Crippen molar-refractivity contribution < 1.29 is 22.8 Å². The molecule has 1 N–H and O–H groups in total. The number of carbonyl (C=O) groups excluding carboxylic acids is 3. The van der Waals surface area contributed by atoms with Gasteiger partial charge in [-0.3, -0.25) is 14.4 Å². The van der Waals surface area contributed by atoms with E-state index in [1.807, 2.05) is 61.5 Å². The van der Waals surface area contributed by atoms with E-state index < -0.39 is 34.4 Å². The standard InChI is InChI=1S/C28H29N3O5S/c1-3-29-27(33)24(17-21-9-5-4-6-10-21)30(18-22-15-13-20(2)14-16-22)26(32)19-31-28(34)23-11-7-8-12-25(23)37(31,35)36/h4-16,24H,3,17-19H2,1-2H3,(H,29,33)/t24-/m0/s1. The molecule has 0 saturated heterocycles. The molecule has 9 heteroatoms. The first-order valence-electron chi connectivity index (χ1n) is 12.0. The first kappa shape index (κ1) is 26.1. The van der Waals surface area contributed by atoms with Gasteiger partial charge in [0.25, 0.3) is 15.9 Å². The zero-order chi connectivity index (χ0) is 26.6. The number of hydrogen-bond acceptors (Lipinski definition) is 5. The molecule has 0 bridgehead atoms. The van der Waals surface area contributed by atoms with Crippen molar-refractivity contribution in [2.75, 3.05) is 13.1 Å². The fourth-order valence-corrected chi connectivity index (χ4v) is 5.86. The molecule has 3 amide bonds. The van der Waals surface area contributed by atoms with Crippen LogP contribution in [0.15, 0.2) is 83.8 Å². The molecule has 0 fully saturated rings. The number of nitrogens with zero attached hydrogens (tertiary/aromatic N) is 2. The van der Waals surface area contributed by atoms with E-state index in [0.717, 1.165) is 16.7 Å². The van der Waals surface area contributed by atoms with Crippen LogP contribution in [0.3, 0.4) is 0 Å². The fourth-order valence-electron chi connectivity index (χ4n) is 4.34. The molecule has 1 aliphatic heterocycles. The second-order valence-corrected chi connectivity index (χ2v) is 10.8. The van der Waals surface area contributed by atoms with Gasteiger partial charge in [-0.05, 0) is 37.1 Å². The maximum Gasteiger partial charge on any atom is 0.269 e. The van der Waals surface area contributed by atoms with Gasteiger partial charge in [0.15, 0.2) is 0 Å². The quantitative estimate of drug-likeness (QED) is 0.468. The molecule has 0 radical (unpaired) electrons. The van der Waals surface area contributed by atoms with Crippen LogP contribution < -0.4 is 5.32 Å². The van der Waals surface area contributed by atoms with Crippen LogP contribution in [0.2, 0.25) is 0 Å². The fraction of sp³-hybridized carbons (Fsp3) is 0.250. The molecule has 3 aromatic rings. The van der Waals surface area contributed by atoms with Gasteiger partial charge in [-0.1, -0.05) is 72.3 Å². The third-order valence-electron chi connectivity index (χ3n) is 6.29. The van der Waals surface area contributed by atoms with Crippen LogP contribution >= 0.6 is 0 Å². The number of nitrogens with one attached hydrogen (secondary N) is 1. The van der Waals surface area contributed by atoms with Gasteiger partial charge in [-0.2, -0.15) is 0 Å². The minimum atomic E-state index is -4.18. The molecule has 1 aliphatic rings. The van der Waals surface area contributed by atoms with Crippen molar-refractivity contribution >= 4 is 27.7 Å². The Morgan fingerprint density at radius 2 is 1.57 bits per heavy atom. The number of likely N-dealkylation sites (N-methyl/N-ethyl adjacent to an activating group) is 1. The maximum absolute atomic E-state index is 13.8. The third kappa shape index (κ3) is 5.56. The smallest absolute Gasteiger partial charge is 0.269 e. The van der Waals surface area contributed by atoms with Crippen molar-refractivity contribution in [1.29, 1.82) is 0 Å². The Bertz CT molecular complexity index is 1410. The summed E-state index contributed by atoms with van der Waals surface area (Å²) in [6, 6.07) is 21.8. The predicted molar refractivity (Wildman–Crippen MR) is 139 cm³/mol. The molecule has 0 aliphatic carbocycles. The maximum atomic E-state index is 13.8. The predicted octanol–water partition coefficient (Wildman–Crippen LogP) is 2.92. The van der Waals surface area contributed by atoms with Crippen molar-refractivity contribution in [1.82, 2.24) is 14.5 Å². The Balaban J connectivity index is 1.70. The highest BCUT2D eigenvalue weighted by molar-refractivity contribution is 7.90. The van der Waals surface area contributed by atoms with Crippen molar-refractivity contribution in [2.24, 2.45) is 0 Å². The van der Waals surface area contributed by atoms with Crippen LogP contribution in [-0.4, -0.2) is 54.5 Å². The molecule has 0 unspecified atom stereocenters. The number of fused-ring (bicyclic) bond motifs is 1. The molecule has 1 heterocycles. The average Bonchev–Trinajstić information content (AvgIpc) is 3.08. The van der Waals surface area contributed by atoms with E-state index in [0.29, 0.717) is 10.8 Å². The number of hydrogen-bond donors (Lipinski definition) is 1. The summed E-state index contributed by atoms with van der Waals surface area (Å²) in [6.07, 6.45) is 0.227. The molecule has 192 valence electrons. The summed E-state index contributed by atoms with van der Waals surface area (Å²) in [6.45, 7) is 3.47. The van der Waals surface area contributed by atoms with Crippen LogP contribution in [0, 0.1) is 6.92 Å². The van der Waals surface area contributed by atoms with Crippen LogP contribution in [0.25, 0.3) is 0 Å². The van der Waals surface area contributed by atoms with Crippen molar-refractivity contribution in [2.45, 2.75) is 37.8 Å². The molecule has 3 aromatic carbocycles. The molecule has 37 heavy (non-hydrogen) atoms. The summed E-state index contributed by atoms with van der Waals surface area (Å²) >= 11 is 0. The lowest BCUT2D eigenvalue weighted by Crippen LogP contribution is -2.53. The Kier molecular flexibility index (Phi) is 7.73. The summed E-state index contributed by atoms with van der Waals surface area (Å²) in [5.74, 6) is -1.75. The van der Waals surface area contributed by atoms with Crippen molar-refractivity contribution in [3.63, 3.8) is 0 Å². The number of amides is 3. The molecule has 0 saturated carbocycles. The Morgan fingerprint density at radius 3 is 2.22 bits per heavy atom. The lowest BCUT2D eigenvalue weighted by molar-refractivity contribution is -0.141. The Hall–Kier alpha value is -3.98. The highest BCUT2D eigenvalue weighted by Gasteiger charge is 2.43. The van der Waals surface area contributed by atoms with Gasteiger partial charge < -0.3 is 10.2 Å². The second kappa shape index (κ2) is 11.0. The van der Waals surface area contributed by atoms with E-state index in [1.165, 1.54) is 23.1 Å². The van der Waals surface area contributed by atoms with Crippen LogP contribution in [-0.2, 0) is 32.6 Å². The van der Waals surface area contributed by atoms with E-state index in [1.54, 1.807) is 13.0 Å². The number of benzene rings is 3. The van der Waals surface area contributed by atoms with E-state index in [2.05, 4.69) is 5.32 Å². The van der Waals surface area contributed by atoms with E-state index in [9.17, 15) is 22.8 Å². The lowest BCUT2D eigenvalue weighted by Gasteiger charge is -2.32. The van der Waals surface area contributed by atoms with Gasteiger partial charge >= 0.3 is 0 Å². The Labute approximate surface area is 217 Å². The number of rotatable bonds is 9. The van der Waals surface area contributed by atoms with Gasteiger partial charge in [0.05, 0.1) is 5.56 Å². The molecule has 8 nitrogen and oxygen atoms in total. The largest absolute Gasteiger partial charge is 0.355 e. The third-order valence-corrected chi connectivity index (χ3v) is 8.07. The molecule has 4 rings (SSSR count). The summed E-state index contributed by atoms with van der Waals surface area (Å²) in [4.78, 5) is 41.2. The van der Waals surface area contributed by atoms with Gasteiger partial charge in [-0.15, -0.1) is 0 Å². The lowest BCUT2D eigenvalue weighted by atomic mass is 10.0. The Morgan fingerprint density at radius 1 is 0.919 bits per heavy atom. The van der Waals surface area contributed by atoms with Crippen LogP contribution in [0.4, 0.5) is 0 Å². The first-order chi connectivity index (χ1) is 17.7. The van der Waals surface area contributed by atoms with E-state index in [4.69, 9.17) is 0 Å². The van der Waals surface area contributed by atoms with Crippen LogP contribution in [0.1, 0.15) is 34.0 Å². The van der Waals surface area contributed by atoms with Gasteiger partial charge in [-0.25, -0.2) is 12.7 Å². The molecular formula is C28H29N3O5S. The monoisotopic (exact) mass is 519 g/mol. The van der Waals surface area contributed by atoms with Crippen LogP contribution in [0.5, 0.6) is 0 Å². The SMILES string of the molecule is CCNC(=O)[C@H](Cc1ccccc1)N(Cc1ccc(C)cc1)C(=O)CN1C(=O)c2ccccc2S1(=O)=O. The molecule has 1 atom stereocenters.